The van der Waals surface area contributed by atoms with Gasteiger partial charge in [0.2, 0.25) is 11.8 Å². The molecule has 1 aliphatic rings. The first-order valence-corrected chi connectivity index (χ1v) is 30.5. The maximum absolute atomic E-state index is 12.8. The van der Waals surface area contributed by atoms with Gasteiger partial charge < -0.3 is 50.9 Å². The van der Waals surface area contributed by atoms with Crippen molar-refractivity contribution in [2.24, 2.45) is 11.3 Å². The van der Waals surface area contributed by atoms with Crippen molar-refractivity contribution in [2.75, 3.05) is 37.8 Å². The van der Waals surface area contributed by atoms with Crippen LogP contribution in [0.5, 0.6) is 0 Å². The number of anilines is 1. The number of carbonyl (C=O) groups is 3. The predicted molar refractivity (Wildman–Crippen MR) is 270 cm³/mol. The van der Waals surface area contributed by atoms with Crippen molar-refractivity contribution in [1.29, 1.82) is 0 Å². The minimum atomic E-state index is -5.58. The first-order chi connectivity index (χ1) is 33.9. The zero-order valence-electron chi connectivity index (χ0n) is 42.1. The van der Waals surface area contributed by atoms with E-state index in [9.17, 15) is 57.9 Å². The van der Waals surface area contributed by atoms with Crippen LogP contribution in [0, 0.1) is 11.3 Å². The molecule has 28 heteroatoms. The van der Waals surface area contributed by atoms with Crippen molar-refractivity contribution in [1.82, 2.24) is 30.2 Å². The highest BCUT2D eigenvalue weighted by Crippen LogP contribution is 2.61. The third kappa shape index (κ3) is 24.9. The number of aliphatic hydroxyl groups is 2. The van der Waals surface area contributed by atoms with Crippen LogP contribution in [0.15, 0.2) is 12.7 Å². The fourth-order valence-electron chi connectivity index (χ4n) is 7.84. The second-order valence-electron chi connectivity index (χ2n) is 19.2. The molecule has 2 aromatic rings. The normalized spacial score (nSPS) is 19.6. The first-order valence-electron chi connectivity index (χ1n) is 25.0. The van der Waals surface area contributed by atoms with Gasteiger partial charge in [0.25, 0.3) is 0 Å². The van der Waals surface area contributed by atoms with Crippen LogP contribution in [0.4, 0.5) is 5.82 Å². The van der Waals surface area contributed by atoms with Crippen LogP contribution in [0.25, 0.3) is 11.2 Å². The number of imidazole rings is 1. The third-order valence-electron chi connectivity index (χ3n) is 11.9. The number of carbonyl (C=O) groups excluding carboxylic acids is 3. The first kappa shape index (κ1) is 63.8. The number of hydrogen-bond donors (Lipinski definition) is 9. The second-order valence-corrected chi connectivity index (χ2v) is 24.6. The van der Waals surface area contributed by atoms with Crippen LogP contribution in [0.3, 0.4) is 0 Å². The van der Waals surface area contributed by atoms with E-state index in [-0.39, 0.29) is 41.6 Å². The fourth-order valence-corrected chi connectivity index (χ4v) is 11.4. The van der Waals surface area contributed by atoms with E-state index in [1.807, 2.05) is 0 Å². The van der Waals surface area contributed by atoms with E-state index in [1.54, 1.807) is 0 Å². The molecular weight excluding hydrogens is 1020 g/mol. The zero-order chi connectivity index (χ0) is 53.4. The number of rotatable bonds is 39. The maximum atomic E-state index is 12.8. The molecule has 7 atom stereocenters. The molecule has 0 bridgehead atoms. The molecule has 24 nitrogen and oxygen atoms in total. The average molecular weight is 1100 g/mol. The number of nitrogen functional groups attached to an aromatic ring is 1. The molecule has 2 aromatic heterocycles. The Labute approximate surface area is 426 Å². The lowest BCUT2D eigenvalue weighted by Crippen LogP contribution is -2.46. The van der Waals surface area contributed by atoms with Crippen molar-refractivity contribution in [3.05, 3.63) is 12.7 Å². The van der Waals surface area contributed by atoms with E-state index in [4.69, 9.17) is 19.5 Å². The molecule has 3 heterocycles. The van der Waals surface area contributed by atoms with Crippen molar-refractivity contribution in [3.8, 4) is 0 Å². The van der Waals surface area contributed by atoms with Crippen LogP contribution < -0.4 is 16.4 Å². The van der Waals surface area contributed by atoms with Gasteiger partial charge in [-0.15, -0.1) is 0 Å². The number of hydrogen-bond acceptors (Lipinski definition) is 18. The predicted octanol–water partition coefficient (Wildman–Crippen LogP) is 6.73. The average Bonchev–Trinajstić information content (AvgIpc) is 3.86. The second kappa shape index (κ2) is 32.2. The van der Waals surface area contributed by atoms with Crippen LogP contribution in [0.1, 0.15) is 162 Å². The molecule has 0 aliphatic carbocycles. The highest BCUT2D eigenvalue weighted by molar-refractivity contribution is 8.13. The van der Waals surface area contributed by atoms with Crippen molar-refractivity contribution in [3.63, 3.8) is 0 Å². The van der Waals surface area contributed by atoms with Gasteiger partial charge in [-0.2, -0.15) is 4.31 Å². The minimum Gasteiger partial charge on any atom is -0.386 e. The van der Waals surface area contributed by atoms with Gasteiger partial charge in [0, 0.05) is 37.1 Å². The van der Waals surface area contributed by atoms with Crippen LogP contribution in [-0.2, 0) is 50.7 Å². The number of nitrogens with one attached hydrogen (secondary N) is 2. The van der Waals surface area contributed by atoms with Gasteiger partial charge in [-0.3, -0.25) is 32.5 Å². The maximum Gasteiger partial charge on any atom is 0.481 e. The van der Waals surface area contributed by atoms with Gasteiger partial charge in [0.1, 0.15) is 36.3 Å². The Morgan fingerprint density at radius 2 is 1.36 bits per heavy atom. The summed E-state index contributed by atoms with van der Waals surface area (Å²) in [5.74, 6) is -0.189. The van der Waals surface area contributed by atoms with Crippen LogP contribution in [-0.4, -0.2) is 123 Å². The monoisotopic (exact) mass is 1100 g/mol. The number of nitrogens with two attached hydrogens (primary N) is 1. The van der Waals surface area contributed by atoms with Gasteiger partial charge in [-0.05, 0) is 12.3 Å². The van der Waals surface area contributed by atoms with Crippen molar-refractivity contribution < 1.29 is 80.5 Å². The molecule has 414 valence electrons. The molecule has 10 N–H and O–H groups in total. The van der Waals surface area contributed by atoms with E-state index >= 15 is 0 Å². The number of unbranched alkanes of at least 4 members (excludes halogenated alkanes) is 16. The molecule has 7 unspecified atom stereocenters. The molecule has 0 aromatic carbocycles. The summed E-state index contributed by atoms with van der Waals surface area (Å²) in [4.78, 5) is 88.6. The third-order valence-corrected chi connectivity index (χ3v) is 16.0. The van der Waals surface area contributed by atoms with Crippen LogP contribution >= 0.6 is 35.2 Å². The minimum absolute atomic E-state index is 0.0343. The van der Waals surface area contributed by atoms with E-state index in [0.717, 1.165) is 54.2 Å². The van der Waals surface area contributed by atoms with Crippen molar-refractivity contribution in [2.45, 2.75) is 187 Å². The summed E-state index contributed by atoms with van der Waals surface area (Å²) in [7, 11) is -16.4. The summed E-state index contributed by atoms with van der Waals surface area (Å²) in [6.07, 6.45) is 16.6. The number of thioether (sulfide) groups is 1. The number of phosphoric ester groups is 3. The summed E-state index contributed by atoms with van der Waals surface area (Å²) in [6, 6.07) is 0. The summed E-state index contributed by atoms with van der Waals surface area (Å²) >= 11 is 1.16. The van der Waals surface area contributed by atoms with E-state index in [1.165, 1.54) is 110 Å². The number of amides is 2. The Balaban J connectivity index is 1.23. The van der Waals surface area contributed by atoms with Crippen LogP contribution in [0.2, 0.25) is 0 Å². The molecule has 0 spiro atoms. The number of fused-ring (bicyclic) bond motifs is 1. The number of phosphoric acid groups is 3. The topological polar surface area (TPSA) is 364 Å². The number of nitrogens with zero attached hydrogens (tertiary/aromatic N) is 4. The van der Waals surface area contributed by atoms with Gasteiger partial charge in [0.15, 0.2) is 22.8 Å². The molecule has 1 aliphatic heterocycles. The highest BCUT2D eigenvalue weighted by atomic mass is 32.2. The highest BCUT2D eigenvalue weighted by Gasteiger charge is 2.50. The Kier molecular flexibility index (Phi) is 28.6. The fraction of sp³-hybridized carbons (Fsp3) is 0.818. The zero-order valence-corrected chi connectivity index (χ0v) is 45.6. The Bertz CT molecular complexity index is 2100. The summed E-state index contributed by atoms with van der Waals surface area (Å²) in [5, 5.41) is 26.7. The molecule has 72 heavy (non-hydrogen) atoms. The lowest BCUT2D eigenvalue weighted by molar-refractivity contribution is -0.137. The summed E-state index contributed by atoms with van der Waals surface area (Å²) < 4.78 is 62.5. The summed E-state index contributed by atoms with van der Waals surface area (Å²) in [5.41, 5.74) is 4.30. The lowest BCUT2D eigenvalue weighted by atomic mass is 9.87. The van der Waals surface area contributed by atoms with Crippen molar-refractivity contribution >= 4 is 69.1 Å². The van der Waals surface area contributed by atoms with Gasteiger partial charge in [-0.25, -0.2) is 28.6 Å². The Morgan fingerprint density at radius 1 is 0.806 bits per heavy atom. The summed E-state index contributed by atoms with van der Waals surface area (Å²) in [6.45, 7) is 5.19. The standard InChI is InChI=1S/C44H80N7O17P3S/c1-32(2)22-20-18-16-14-12-10-8-6-5-7-9-11-13-15-17-19-21-23-35(53)72-27-26-46-34(52)24-25-47-42(56)39(55)44(3,4)29-65-71(62,63)68-70(60,61)64-28-33-38(67-69(57,58)59)37(54)43(66-33)51-31-50-36-40(45)48-30-49-41(36)51/h30-33,37-39,43,54-55H,5-29H2,1-4H3,(H,46,52)(H,47,56)(H,60,61)(H,62,63)(H2,45,48,49)(H2,57,58,59). The largest absolute Gasteiger partial charge is 0.481 e. The molecule has 1 fully saturated rings. The molecule has 1 saturated heterocycles. The smallest absolute Gasteiger partial charge is 0.386 e. The van der Waals surface area contributed by atoms with E-state index < -0.39 is 84.6 Å². The number of aliphatic hydroxyl groups excluding tert-OH is 2. The van der Waals surface area contributed by atoms with E-state index in [0.29, 0.717) is 12.2 Å². The van der Waals surface area contributed by atoms with Gasteiger partial charge >= 0.3 is 23.5 Å². The SMILES string of the molecule is CC(C)CCCCCCCCCCCCCCCCCCCC(=O)SCCNC(=O)CCNC(=O)C(O)C(C)(C)COP(=O)(O)OP(=O)(O)OCC1OC(n2cnc3c(N)ncnc32)C(O)C1OP(=O)(O)O. The number of ether oxygens (including phenoxy) is 1. The molecule has 2 amide bonds. The quantitative estimate of drug-likeness (QED) is 0.0247. The Hall–Kier alpha value is -2.44. The lowest BCUT2D eigenvalue weighted by Gasteiger charge is -2.30. The number of aromatic nitrogens is 4. The Morgan fingerprint density at radius 3 is 1.93 bits per heavy atom. The van der Waals surface area contributed by atoms with E-state index in [2.05, 4.69) is 48.3 Å². The molecule has 0 radical (unpaired) electrons. The molecule has 3 rings (SSSR count). The molecule has 0 saturated carbocycles. The van der Waals surface area contributed by atoms with Gasteiger partial charge in [-0.1, -0.05) is 149 Å². The van der Waals surface area contributed by atoms with Gasteiger partial charge in [0.05, 0.1) is 19.5 Å². The molecular formula is C44H80N7O17P3S.